The van der Waals surface area contributed by atoms with E-state index in [2.05, 4.69) is 78.7 Å². The molecule has 0 aliphatic carbocycles. The van der Waals surface area contributed by atoms with Gasteiger partial charge < -0.3 is 10.2 Å². The number of benzene rings is 2. The molecule has 106 valence electrons. The van der Waals surface area contributed by atoms with Gasteiger partial charge in [-0.3, -0.25) is 0 Å². The molecule has 1 N–H and O–H groups in total. The second-order valence-electron chi connectivity index (χ2n) is 4.96. The molecular weight excluding hydrogens is 244 g/mol. The molecule has 0 saturated carbocycles. The van der Waals surface area contributed by atoms with Crippen LogP contribution in [0.5, 0.6) is 0 Å². The molecule has 0 fully saturated rings. The van der Waals surface area contributed by atoms with E-state index in [9.17, 15) is 0 Å². The Labute approximate surface area is 122 Å². The average Bonchev–Trinajstić information content (AvgIpc) is 2.52. The molecule has 0 aromatic heterocycles. The van der Waals surface area contributed by atoms with E-state index in [4.69, 9.17) is 0 Å². The Bertz CT molecular complexity index is 491. The highest BCUT2D eigenvalue weighted by atomic mass is 15.1. The Balaban J connectivity index is 2.17. The number of hydrogen-bond acceptors (Lipinski definition) is 2. The van der Waals surface area contributed by atoms with Gasteiger partial charge in [0.1, 0.15) is 0 Å². The first-order valence-electron chi connectivity index (χ1n) is 7.51. The first-order chi connectivity index (χ1) is 9.85. The van der Waals surface area contributed by atoms with Crippen LogP contribution in [0.3, 0.4) is 0 Å². The van der Waals surface area contributed by atoms with Crippen LogP contribution < -0.4 is 10.2 Å². The van der Waals surface area contributed by atoms with Crippen molar-refractivity contribution < 1.29 is 0 Å². The first kappa shape index (κ1) is 14.4. The van der Waals surface area contributed by atoms with Gasteiger partial charge in [-0.2, -0.15) is 0 Å². The van der Waals surface area contributed by atoms with Gasteiger partial charge in [-0.1, -0.05) is 32.0 Å². The summed E-state index contributed by atoms with van der Waals surface area (Å²) in [6, 6.07) is 19.3. The summed E-state index contributed by atoms with van der Waals surface area (Å²) in [6.45, 7) is 6.45. The van der Waals surface area contributed by atoms with Crippen LogP contribution in [0.2, 0.25) is 0 Å². The smallest absolute Gasteiger partial charge is 0.0412 e. The quantitative estimate of drug-likeness (QED) is 0.755. The van der Waals surface area contributed by atoms with Gasteiger partial charge in [0.05, 0.1) is 0 Å². The highest BCUT2D eigenvalue weighted by Gasteiger charge is 2.07. The van der Waals surface area contributed by atoms with Gasteiger partial charge in [0.25, 0.3) is 0 Å². The third-order valence-electron chi connectivity index (χ3n) is 3.27. The largest absolute Gasteiger partial charge is 0.385 e. The number of rotatable bonds is 7. The fourth-order valence-corrected chi connectivity index (χ4v) is 2.27. The van der Waals surface area contributed by atoms with Crippen LogP contribution in [-0.2, 0) is 0 Å². The Morgan fingerprint density at radius 2 is 1.45 bits per heavy atom. The summed E-state index contributed by atoms with van der Waals surface area (Å²) in [7, 11) is 0. The highest BCUT2D eigenvalue weighted by Crippen LogP contribution is 2.26. The summed E-state index contributed by atoms with van der Waals surface area (Å²) in [4.78, 5) is 2.36. The maximum absolute atomic E-state index is 3.41. The second kappa shape index (κ2) is 7.59. The summed E-state index contributed by atoms with van der Waals surface area (Å²) < 4.78 is 0. The van der Waals surface area contributed by atoms with Crippen LogP contribution in [0.25, 0.3) is 0 Å². The minimum Gasteiger partial charge on any atom is -0.385 e. The monoisotopic (exact) mass is 268 g/mol. The van der Waals surface area contributed by atoms with Crippen LogP contribution in [0.15, 0.2) is 54.6 Å². The highest BCUT2D eigenvalue weighted by molar-refractivity contribution is 5.65. The van der Waals surface area contributed by atoms with Gasteiger partial charge >= 0.3 is 0 Å². The van der Waals surface area contributed by atoms with E-state index in [0.29, 0.717) is 0 Å². The van der Waals surface area contributed by atoms with Crippen molar-refractivity contribution in [2.24, 2.45) is 0 Å². The van der Waals surface area contributed by atoms with Crippen LogP contribution in [0, 0.1) is 0 Å². The van der Waals surface area contributed by atoms with Gasteiger partial charge in [-0.25, -0.2) is 0 Å². The third-order valence-corrected chi connectivity index (χ3v) is 3.27. The zero-order valence-electron chi connectivity index (χ0n) is 12.5. The normalized spacial score (nSPS) is 10.3. The fraction of sp³-hybridized carbons (Fsp3) is 0.333. The molecule has 0 amide bonds. The molecule has 0 spiro atoms. The van der Waals surface area contributed by atoms with E-state index in [0.717, 1.165) is 25.9 Å². The third kappa shape index (κ3) is 3.77. The first-order valence-corrected chi connectivity index (χ1v) is 7.51. The molecule has 2 heteroatoms. The molecule has 0 bridgehead atoms. The van der Waals surface area contributed by atoms with E-state index in [1.54, 1.807) is 0 Å². The minimum atomic E-state index is 1.02. The lowest BCUT2D eigenvalue weighted by Crippen LogP contribution is -2.17. The standard InChI is InChI=1S/C18H24N2/c1-3-14-19-16-10-12-18(13-11-16)20(15-4-2)17-8-6-5-7-9-17/h5-13,19H,3-4,14-15H2,1-2H3. The van der Waals surface area contributed by atoms with Gasteiger partial charge in [0.2, 0.25) is 0 Å². The van der Waals surface area contributed by atoms with E-state index in [-0.39, 0.29) is 0 Å². The van der Waals surface area contributed by atoms with Crippen molar-refractivity contribution in [1.29, 1.82) is 0 Å². The number of hydrogen-bond donors (Lipinski definition) is 1. The van der Waals surface area contributed by atoms with Crippen LogP contribution in [0.4, 0.5) is 17.1 Å². The van der Waals surface area contributed by atoms with Crippen molar-refractivity contribution in [3.8, 4) is 0 Å². The molecule has 0 heterocycles. The molecule has 2 rings (SSSR count). The molecule has 2 aromatic rings. The molecule has 0 radical (unpaired) electrons. The Morgan fingerprint density at radius 3 is 2.05 bits per heavy atom. The van der Waals surface area contributed by atoms with Crippen molar-refractivity contribution >= 4 is 17.1 Å². The van der Waals surface area contributed by atoms with Crippen molar-refractivity contribution in [1.82, 2.24) is 0 Å². The zero-order chi connectivity index (χ0) is 14.2. The van der Waals surface area contributed by atoms with Crippen LogP contribution >= 0.6 is 0 Å². The Hall–Kier alpha value is -1.96. The zero-order valence-corrected chi connectivity index (χ0v) is 12.5. The van der Waals surface area contributed by atoms with Crippen LogP contribution in [-0.4, -0.2) is 13.1 Å². The lowest BCUT2D eigenvalue weighted by atomic mass is 10.2. The van der Waals surface area contributed by atoms with E-state index in [1.807, 2.05) is 0 Å². The molecule has 2 nitrogen and oxygen atoms in total. The van der Waals surface area contributed by atoms with E-state index in [1.165, 1.54) is 17.1 Å². The number of nitrogens with one attached hydrogen (secondary N) is 1. The Morgan fingerprint density at radius 1 is 0.800 bits per heavy atom. The molecule has 2 aromatic carbocycles. The molecule has 0 atom stereocenters. The number of nitrogens with zero attached hydrogens (tertiary/aromatic N) is 1. The van der Waals surface area contributed by atoms with Crippen molar-refractivity contribution in [2.75, 3.05) is 23.3 Å². The predicted molar refractivity (Wildman–Crippen MR) is 89.0 cm³/mol. The molecule has 0 aliphatic heterocycles. The fourth-order valence-electron chi connectivity index (χ4n) is 2.27. The molecule has 0 saturated heterocycles. The molecule has 0 unspecified atom stereocenters. The second-order valence-corrected chi connectivity index (χ2v) is 4.96. The van der Waals surface area contributed by atoms with Gasteiger partial charge in [0, 0.05) is 30.2 Å². The molecule has 20 heavy (non-hydrogen) atoms. The van der Waals surface area contributed by atoms with E-state index < -0.39 is 0 Å². The van der Waals surface area contributed by atoms with E-state index >= 15 is 0 Å². The number of anilines is 3. The predicted octanol–water partition coefficient (Wildman–Crippen LogP) is 5.06. The van der Waals surface area contributed by atoms with Crippen molar-refractivity contribution in [3.63, 3.8) is 0 Å². The summed E-state index contributed by atoms with van der Waals surface area (Å²) in [5, 5.41) is 3.41. The lowest BCUT2D eigenvalue weighted by Gasteiger charge is -2.24. The van der Waals surface area contributed by atoms with Gasteiger partial charge in [-0.05, 0) is 49.2 Å². The summed E-state index contributed by atoms with van der Waals surface area (Å²) >= 11 is 0. The summed E-state index contributed by atoms with van der Waals surface area (Å²) in [5.74, 6) is 0. The van der Waals surface area contributed by atoms with Gasteiger partial charge in [0.15, 0.2) is 0 Å². The topological polar surface area (TPSA) is 15.3 Å². The molecular formula is C18H24N2. The summed E-state index contributed by atoms with van der Waals surface area (Å²) in [6.07, 6.45) is 2.28. The Kier molecular flexibility index (Phi) is 5.48. The minimum absolute atomic E-state index is 1.02. The van der Waals surface area contributed by atoms with Crippen molar-refractivity contribution in [3.05, 3.63) is 54.6 Å². The molecule has 0 aliphatic rings. The van der Waals surface area contributed by atoms with Crippen LogP contribution in [0.1, 0.15) is 26.7 Å². The SMILES string of the molecule is CCCNc1ccc(N(CCC)c2ccccc2)cc1. The van der Waals surface area contributed by atoms with Crippen molar-refractivity contribution in [2.45, 2.75) is 26.7 Å². The maximum Gasteiger partial charge on any atom is 0.0412 e. The number of para-hydroxylation sites is 1. The maximum atomic E-state index is 3.41. The average molecular weight is 268 g/mol. The summed E-state index contributed by atoms with van der Waals surface area (Å²) in [5.41, 5.74) is 3.70. The van der Waals surface area contributed by atoms with Gasteiger partial charge in [-0.15, -0.1) is 0 Å². The lowest BCUT2D eigenvalue weighted by molar-refractivity contribution is 0.885.